The fraction of sp³-hybridized carbons (Fsp3) is 0.909. The highest BCUT2D eigenvalue weighted by molar-refractivity contribution is 5.80. The van der Waals surface area contributed by atoms with Crippen LogP contribution in [0.2, 0.25) is 0 Å². The first-order valence-corrected chi connectivity index (χ1v) is 6.77. The second-order valence-electron chi connectivity index (χ2n) is 6.22. The maximum Gasteiger partial charge on any atom is 0.311 e. The van der Waals surface area contributed by atoms with Crippen LogP contribution in [0.1, 0.15) is 0 Å². The molecule has 3 saturated heterocycles. The van der Waals surface area contributed by atoms with Crippen molar-refractivity contribution in [2.75, 3.05) is 6.61 Å². The van der Waals surface area contributed by atoms with Crippen LogP contribution in [0.3, 0.4) is 0 Å². The quantitative estimate of drug-likeness (QED) is 0.231. The molecule has 1 saturated carbocycles. The lowest BCUT2D eigenvalue weighted by Crippen LogP contribution is -2.95. The molecule has 0 aromatic heterocycles. The molecule has 7 unspecified atom stereocenters. The van der Waals surface area contributed by atoms with Crippen LogP contribution in [-0.2, 0) is 9.47 Å². The number of aliphatic imine (C=N–C) groups is 1. The van der Waals surface area contributed by atoms with Crippen LogP contribution >= 0.6 is 0 Å². The standard InChI is InChI=1S/C11H17N3O8/c12-8-13-6(17)2-4-9(19,1-15)5-3(16)10(2,14-8)7(18)11(20,21-4)22-5/h2-7,15-20H,1H2,(H3,12,13,14)/t2?,3-,4?,5?,6?,7?,9?,10?,11+/m1/s1. The molecule has 1 aliphatic carbocycles. The SMILES string of the molecule is NC1=NC(O)C2C3O[C@]4(O)OC([C@@H](O)C2(N1)C4O)C3(O)CO. The number of nitrogens with two attached hydrogens (primary N) is 1. The van der Waals surface area contributed by atoms with Gasteiger partial charge >= 0.3 is 5.97 Å². The third-order valence-electron chi connectivity index (χ3n) is 5.22. The van der Waals surface area contributed by atoms with Gasteiger partial charge in [0.15, 0.2) is 18.3 Å². The molecule has 1 spiro atoms. The summed E-state index contributed by atoms with van der Waals surface area (Å²) in [7, 11) is 0. The molecule has 5 rings (SSSR count). The summed E-state index contributed by atoms with van der Waals surface area (Å²) in [5, 5.41) is 64.3. The first-order chi connectivity index (χ1) is 10.2. The highest BCUT2D eigenvalue weighted by Gasteiger charge is 2.82. The molecule has 22 heavy (non-hydrogen) atoms. The predicted molar refractivity (Wildman–Crippen MR) is 65.7 cm³/mol. The van der Waals surface area contributed by atoms with Gasteiger partial charge in [0.1, 0.15) is 29.5 Å². The van der Waals surface area contributed by atoms with Gasteiger partial charge < -0.3 is 51.2 Å². The molecule has 11 nitrogen and oxygen atoms in total. The molecule has 4 aliphatic heterocycles. The number of nitrogens with zero attached hydrogens (tertiary/aromatic N) is 1. The summed E-state index contributed by atoms with van der Waals surface area (Å²) < 4.78 is 10.3. The molecule has 11 heteroatoms. The Morgan fingerprint density at radius 2 is 1.82 bits per heavy atom. The van der Waals surface area contributed by atoms with Crippen LogP contribution < -0.4 is 11.1 Å². The van der Waals surface area contributed by atoms with Crippen LogP contribution in [0.25, 0.3) is 0 Å². The minimum absolute atomic E-state index is 0.250. The number of nitrogens with one attached hydrogen (secondary N) is 1. The van der Waals surface area contributed by atoms with E-state index >= 15 is 0 Å². The van der Waals surface area contributed by atoms with Gasteiger partial charge in [0.2, 0.25) is 0 Å². The molecule has 9 N–H and O–H groups in total. The zero-order valence-electron chi connectivity index (χ0n) is 11.2. The second kappa shape index (κ2) is 3.88. The molecule has 0 aromatic carbocycles. The fourth-order valence-corrected chi connectivity index (χ4v) is 4.24. The number of hydrogen-bond donors (Lipinski definition) is 8. The Balaban J connectivity index is 1.95. The van der Waals surface area contributed by atoms with Crippen molar-refractivity contribution in [3.8, 4) is 0 Å². The lowest BCUT2D eigenvalue weighted by Gasteiger charge is -2.71. The molecule has 124 valence electrons. The van der Waals surface area contributed by atoms with Crippen molar-refractivity contribution in [1.82, 2.24) is 5.32 Å². The Morgan fingerprint density at radius 3 is 2.45 bits per heavy atom. The minimum atomic E-state index is -2.52. The van der Waals surface area contributed by atoms with E-state index < -0.39 is 60.3 Å². The molecular formula is C11H17N3O8. The maximum atomic E-state index is 10.6. The molecule has 4 fully saturated rings. The lowest BCUT2D eigenvalue weighted by atomic mass is 9.55. The summed E-state index contributed by atoms with van der Waals surface area (Å²) in [6.07, 6.45) is -7.77. The highest BCUT2D eigenvalue weighted by Crippen LogP contribution is 2.58. The van der Waals surface area contributed by atoms with E-state index in [1.807, 2.05) is 0 Å². The normalized spacial score (nSPS) is 62.4. The van der Waals surface area contributed by atoms with Crippen molar-refractivity contribution in [2.24, 2.45) is 16.6 Å². The summed E-state index contributed by atoms with van der Waals surface area (Å²) in [6.45, 7) is -0.857. The zero-order valence-corrected chi connectivity index (χ0v) is 11.2. The van der Waals surface area contributed by atoms with Crippen LogP contribution in [0.5, 0.6) is 0 Å². The molecule has 4 heterocycles. The van der Waals surface area contributed by atoms with E-state index in [-0.39, 0.29) is 5.96 Å². The average Bonchev–Trinajstić information content (AvgIpc) is 2.45. The third kappa shape index (κ3) is 1.28. The van der Waals surface area contributed by atoms with Crippen LogP contribution in [-0.4, -0.2) is 91.0 Å². The molecule has 0 radical (unpaired) electrons. The predicted octanol–water partition coefficient (Wildman–Crippen LogP) is -5.52. The molecular weight excluding hydrogens is 302 g/mol. The number of aliphatic hydroxyl groups excluding tert-OH is 4. The van der Waals surface area contributed by atoms with E-state index in [0.29, 0.717) is 0 Å². The number of ether oxygens (including phenoxy) is 2. The summed E-state index contributed by atoms with van der Waals surface area (Å²) in [4.78, 5) is 3.70. The van der Waals surface area contributed by atoms with Crippen molar-refractivity contribution in [1.29, 1.82) is 0 Å². The largest absolute Gasteiger partial charge is 0.393 e. The number of guanidine groups is 1. The monoisotopic (exact) mass is 319 g/mol. The van der Waals surface area contributed by atoms with Gasteiger partial charge in [-0.2, -0.15) is 0 Å². The van der Waals surface area contributed by atoms with E-state index in [4.69, 9.17) is 15.2 Å². The zero-order chi connectivity index (χ0) is 16.1. The molecule has 0 aromatic rings. The van der Waals surface area contributed by atoms with Crippen molar-refractivity contribution in [3.63, 3.8) is 0 Å². The number of aliphatic hydroxyl groups is 6. The minimum Gasteiger partial charge on any atom is -0.393 e. The van der Waals surface area contributed by atoms with Gasteiger partial charge in [-0.1, -0.05) is 0 Å². The number of rotatable bonds is 1. The highest BCUT2D eigenvalue weighted by atomic mass is 16.9. The van der Waals surface area contributed by atoms with Gasteiger partial charge in [-0.25, -0.2) is 4.99 Å². The molecule has 0 amide bonds. The van der Waals surface area contributed by atoms with Crippen molar-refractivity contribution in [3.05, 3.63) is 0 Å². The van der Waals surface area contributed by atoms with E-state index in [1.54, 1.807) is 0 Å². The van der Waals surface area contributed by atoms with Crippen molar-refractivity contribution < 1.29 is 40.1 Å². The lowest BCUT2D eigenvalue weighted by molar-refractivity contribution is -0.548. The maximum absolute atomic E-state index is 10.6. The van der Waals surface area contributed by atoms with Crippen LogP contribution in [0.4, 0.5) is 0 Å². The third-order valence-corrected chi connectivity index (χ3v) is 5.22. The van der Waals surface area contributed by atoms with Crippen molar-refractivity contribution >= 4 is 5.96 Å². The molecule has 9 atom stereocenters. The summed E-state index contributed by atoms with van der Waals surface area (Å²) in [5.74, 6) is -3.95. The Bertz CT molecular complexity index is 561. The van der Waals surface area contributed by atoms with Gasteiger partial charge in [-0.05, 0) is 0 Å². The van der Waals surface area contributed by atoms with Gasteiger partial charge in [-0.15, -0.1) is 0 Å². The Morgan fingerprint density at radius 1 is 1.18 bits per heavy atom. The van der Waals surface area contributed by atoms with Crippen LogP contribution in [0, 0.1) is 5.92 Å². The van der Waals surface area contributed by atoms with Gasteiger partial charge in [0.05, 0.1) is 12.5 Å². The summed E-state index contributed by atoms with van der Waals surface area (Å²) >= 11 is 0. The first kappa shape index (κ1) is 14.5. The summed E-state index contributed by atoms with van der Waals surface area (Å²) in [6, 6.07) is 0. The molecule has 4 bridgehead atoms. The van der Waals surface area contributed by atoms with E-state index in [9.17, 15) is 30.6 Å². The van der Waals surface area contributed by atoms with Gasteiger partial charge in [0.25, 0.3) is 0 Å². The first-order valence-electron chi connectivity index (χ1n) is 6.77. The van der Waals surface area contributed by atoms with Gasteiger partial charge in [-0.3, -0.25) is 0 Å². The topological polar surface area (TPSA) is 190 Å². The van der Waals surface area contributed by atoms with Crippen LogP contribution in [0.15, 0.2) is 4.99 Å². The average molecular weight is 319 g/mol. The van der Waals surface area contributed by atoms with E-state index in [0.717, 1.165) is 0 Å². The smallest absolute Gasteiger partial charge is 0.311 e. The number of hydrogen-bond acceptors (Lipinski definition) is 11. The second-order valence-corrected chi connectivity index (χ2v) is 6.22. The Hall–Kier alpha value is -1.05. The summed E-state index contributed by atoms with van der Waals surface area (Å²) in [5.41, 5.74) is 1.74. The Labute approximate surface area is 123 Å². The van der Waals surface area contributed by atoms with E-state index in [2.05, 4.69) is 10.3 Å². The van der Waals surface area contributed by atoms with E-state index in [1.165, 1.54) is 0 Å². The molecule has 5 aliphatic rings. The van der Waals surface area contributed by atoms with Crippen molar-refractivity contribution in [2.45, 2.75) is 47.8 Å². The Kier molecular flexibility index (Phi) is 2.57. The fourth-order valence-electron chi connectivity index (χ4n) is 4.24. The van der Waals surface area contributed by atoms with Gasteiger partial charge in [0, 0.05) is 0 Å².